The lowest BCUT2D eigenvalue weighted by molar-refractivity contribution is 0.102. The van der Waals surface area contributed by atoms with Gasteiger partial charge in [0.1, 0.15) is 0 Å². The topological polar surface area (TPSA) is 29.1 Å². The molecule has 0 atom stereocenters. The monoisotopic (exact) mass is 267 g/mol. The smallest absolute Gasteiger partial charge is 0.255 e. The Morgan fingerprint density at radius 3 is 2.35 bits per heavy atom. The molecule has 20 heavy (non-hydrogen) atoms. The first-order chi connectivity index (χ1) is 9.44. The highest BCUT2D eigenvalue weighted by atomic mass is 16.1. The number of hydrogen-bond donors (Lipinski definition) is 1. The fourth-order valence-electron chi connectivity index (χ4n) is 2.16. The Morgan fingerprint density at radius 1 is 1.00 bits per heavy atom. The van der Waals surface area contributed by atoms with Gasteiger partial charge < -0.3 is 5.32 Å². The van der Waals surface area contributed by atoms with E-state index >= 15 is 0 Å². The minimum absolute atomic E-state index is 0.0708. The van der Waals surface area contributed by atoms with Crippen LogP contribution in [0, 0.1) is 5.41 Å². The number of amides is 1. The summed E-state index contributed by atoms with van der Waals surface area (Å²) >= 11 is 0. The van der Waals surface area contributed by atoms with Crippen LogP contribution in [0.25, 0.3) is 0 Å². The maximum atomic E-state index is 12.1. The van der Waals surface area contributed by atoms with Crippen molar-refractivity contribution in [2.24, 2.45) is 5.41 Å². The van der Waals surface area contributed by atoms with Crippen molar-refractivity contribution in [1.29, 1.82) is 0 Å². The zero-order chi connectivity index (χ0) is 14.6. The van der Waals surface area contributed by atoms with Gasteiger partial charge in [-0.3, -0.25) is 4.79 Å². The lowest BCUT2D eigenvalue weighted by Gasteiger charge is -2.18. The molecule has 104 valence electrons. The molecule has 0 fully saturated rings. The molecule has 0 radical (unpaired) electrons. The van der Waals surface area contributed by atoms with Crippen molar-refractivity contribution in [2.75, 3.05) is 5.32 Å². The Bertz CT molecular complexity index is 582. The molecule has 0 saturated heterocycles. The molecular weight excluding hydrogens is 246 g/mol. The van der Waals surface area contributed by atoms with Crippen molar-refractivity contribution in [3.63, 3.8) is 0 Å². The third-order valence-electron chi connectivity index (χ3n) is 2.96. The summed E-state index contributed by atoms with van der Waals surface area (Å²) in [5.74, 6) is -0.0708. The van der Waals surface area contributed by atoms with E-state index in [1.807, 2.05) is 48.5 Å². The van der Waals surface area contributed by atoms with Crippen LogP contribution in [-0.4, -0.2) is 5.91 Å². The molecule has 2 rings (SSSR count). The van der Waals surface area contributed by atoms with Gasteiger partial charge in [-0.1, -0.05) is 51.1 Å². The molecule has 1 amide bonds. The van der Waals surface area contributed by atoms with E-state index in [0.29, 0.717) is 5.56 Å². The number of carbonyl (C=O) groups is 1. The van der Waals surface area contributed by atoms with Crippen molar-refractivity contribution in [2.45, 2.75) is 27.2 Å². The van der Waals surface area contributed by atoms with Gasteiger partial charge in [0.25, 0.3) is 5.91 Å². The second kappa shape index (κ2) is 5.91. The molecule has 0 aliphatic carbocycles. The lowest BCUT2D eigenvalue weighted by atomic mass is 9.88. The molecule has 0 saturated carbocycles. The van der Waals surface area contributed by atoms with Crippen LogP contribution in [0.5, 0.6) is 0 Å². The first-order valence-corrected chi connectivity index (χ1v) is 6.89. The summed E-state index contributed by atoms with van der Waals surface area (Å²) in [5.41, 5.74) is 3.00. The van der Waals surface area contributed by atoms with Crippen LogP contribution >= 0.6 is 0 Å². The number of nitrogens with one attached hydrogen (secondary N) is 1. The lowest BCUT2D eigenvalue weighted by Crippen LogP contribution is -2.13. The SMILES string of the molecule is CC(C)(C)Cc1cccc(NC(=O)c2ccccc2)c1. The third-order valence-corrected chi connectivity index (χ3v) is 2.96. The Morgan fingerprint density at radius 2 is 1.70 bits per heavy atom. The number of benzene rings is 2. The first kappa shape index (κ1) is 14.3. The molecule has 2 aromatic rings. The van der Waals surface area contributed by atoms with E-state index in [0.717, 1.165) is 12.1 Å². The molecule has 0 aromatic heterocycles. The molecule has 0 unspecified atom stereocenters. The van der Waals surface area contributed by atoms with Gasteiger partial charge in [0.15, 0.2) is 0 Å². The van der Waals surface area contributed by atoms with Gasteiger partial charge in [-0.2, -0.15) is 0 Å². The first-order valence-electron chi connectivity index (χ1n) is 6.89. The standard InChI is InChI=1S/C18H21NO/c1-18(2,3)13-14-8-7-11-16(12-14)19-17(20)15-9-5-4-6-10-15/h4-12H,13H2,1-3H3,(H,19,20). The highest BCUT2D eigenvalue weighted by Crippen LogP contribution is 2.22. The second-order valence-corrected chi connectivity index (χ2v) is 6.26. The quantitative estimate of drug-likeness (QED) is 0.870. The summed E-state index contributed by atoms with van der Waals surface area (Å²) in [6.07, 6.45) is 0.988. The summed E-state index contributed by atoms with van der Waals surface area (Å²) in [5, 5.41) is 2.95. The third kappa shape index (κ3) is 4.23. The molecule has 0 aliphatic rings. The van der Waals surface area contributed by atoms with Crippen LogP contribution in [0.2, 0.25) is 0 Å². The largest absolute Gasteiger partial charge is 0.322 e. The van der Waals surface area contributed by atoms with Crippen LogP contribution in [-0.2, 0) is 6.42 Å². The minimum atomic E-state index is -0.0708. The van der Waals surface area contributed by atoms with Gasteiger partial charge in [0, 0.05) is 11.3 Å². The molecule has 0 spiro atoms. The van der Waals surface area contributed by atoms with E-state index in [-0.39, 0.29) is 11.3 Å². The van der Waals surface area contributed by atoms with Crippen molar-refractivity contribution < 1.29 is 4.79 Å². The predicted octanol–water partition coefficient (Wildman–Crippen LogP) is 4.53. The van der Waals surface area contributed by atoms with Crippen LogP contribution < -0.4 is 5.32 Å². The minimum Gasteiger partial charge on any atom is -0.322 e. The highest BCUT2D eigenvalue weighted by molar-refractivity contribution is 6.04. The van der Waals surface area contributed by atoms with E-state index in [1.54, 1.807) is 0 Å². The molecule has 2 heteroatoms. The summed E-state index contributed by atoms with van der Waals surface area (Å²) < 4.78 is 0. The fraction of sp³-hybridized carbons (Fsp3) is 0.278. The maximum Gasteiger partial charge on any atom is 0.255 e. The molecule has 0 bridgehead atoms. The van der Waals surface area contributed by atoms with Gasteiger partial charge >= 0.3 is 0 Å². The van der Waals surface area contributed by atoms with Crippen LogP contribution in [0.1, 0.15) is 36.7 Å². The van der Waals surface area contributed by atoms with Crippen molar-refractivity contribution in [3.8, 4) is 0 Å². The van der Waals surface area contributed by atoms with E-state index in [9.17, 15) is 4.79 Å². The second-order valence-electron chi connectivity index (χ2n) is 6.26. The number of rotatable bonds is 3. The average Bonchev–Trinajstić information content (AvgIpc) is 2.38. The number of anilines is 1. The van der Waals surface area contributed by atoms with Crippen LogP contribution in [0.15, 0.2) is 54.6 Å². The van der Waals surface area contributed by atoms with E-state index in [2.05, 4.69) is 32.2 Å². The molecule has 2 aromatic carbocycles. The van der Waals surface area contributed by atoms with E-state index in [1.165, 1.54) is 5.56 Å². The maximum absolute atomic E-state index is 12.1. The van der Waals surface area contributed by atoms with Gasteiger partial charge in [0.05, 0.1) is 0 Å². The van der Waals surface area contributed by atoms with E-state index in [4.69, 9.17) is 0 Å². The highest BCUT2D eigenvalue weighted by Gasteiger charge is 2.12. The van der Waals surface area contributed by atoms with Gasteiger partial charge in [-0.25, -0.2) is 0 Å². The Labute approximate surface area is 120 Å². The number of carbonyl (C=O) groups excluding carboxylic acids is 1. The Hall–Kier alpha value is -2.09. The fourth-order valence-corrected chi connectivity index (χ4v) is 2.16. The van der Waals surface area contributed by atoms with Crippen LogP contribution in [0.4, 0.5) is 5.69 Å². The van der Waals surface area contributed by atoms with E-state index < -0.39 is 0 Å². The summed E-state index contributed by atoms with van der Waals surface area (Å²) in [4.78, 5) is 12.1. The Balaban J connectivity index is 2.10. The van der Waals surface area contributed by atoms with Gasteiger partial charge in [-0.05, 0) is 41.7 Å². The summed E-state index contributed by atoms with van der Waals surface area (Å²) in [7, 11) is 0. The van der Waals surface area contributed by atoms with Gasteiger partial charge in [0.2, 0.25) is 0 Å². The summed E-state index contributed by atoms with van der Waals surface area (Å²) in [6.45, 7) is 6.63. The zero-order valence-corrected chi connectivity index (χ0v) is 12.3. The normalized spacial score (nSPS) is 11.2. The average molecular weight is 267 g/mol. The molecular formula is C18H21NO. The van der Waals surface area contributed by atoms with Crippen molar-refractivity contribution in [1.82, 2.24) is 0 Å². The molecule has 2 nitrogen and oxygen atoms in total. The molecule has 0 aliphatic heterocycles. The van der Waals surface area contributed by atoms with Gasteiger partial charge in [-0.15, -0.1) is 0 Å². The molecule has 1 N–H and O–H groups in total. The predicted molar refractivity (Wildman–Crippen MR) is 84.0 cm³/mol. The Kier molecular flexibility index (Phi) is 4.23. The summed E-state index contributed by atoms with van der Waals surface area (Å²) in [6, 6.07) is 17.3. The number of hydrogen-bond acceptors (Lipinski definition) is 1. The molecule has 0 heterocycles. The van der Waals surface area contributed by atoms with Crippen molar-refractivity contribution in [3.05, 3.63) is 65.7 Å². The van der Waals surface area contributed by atoms with Crippen molar-refractivity contribution >= 4 is 11.6 Å². The van der Waals surface area contributed by atoms with Crippen LogP contribution in [0.3, 0.4) is 0 Å². The zero-order valence-electron chi connectivity index (χ0n) is 12.3.